The van der Waals surface area contributed by atoms with Crippen LogP contribution >= 0.6 is 0 Å². The maximum absolute atomic E-state index is 8.77. The number of aromatic nitrogens is 3. The van der Waals surface area contributed by atoms with Crippen LogP contribution < -0.4 is 11.1 Å². The molecule has 0 aromatic carbocycles. The van der Waals surface area contributed by atoms with Crippen LogP contribution in [0, 0.1) is 18.3 Å². The van der Waals surface area contributed by atoms with Crippen LogP contribution in [0.25, 0.3) is 0 Å². The monoisotopic (exact) mass is 230 g/mol. The lowest BCUT2D eigenvalue weighted by molar-refractivity contribution is 0.388. The molecule has 0 aliphatic heterocycles. The molecule has 86 valence electrons. The summed E-state index contributed by atoms with van der Waals surface area (Å²) in [6, 6.07) is 5.22. The van der Waals surface area contributed by atoms with E-state index in [9.17, 15) is 0 Å². The Kier molecular flexibility index (Phi) is 2.87. The van der Waals surface area contributed by atoms with Gasteiger partial charge in [0.25, 0.3) is 0 Å². The Morgan fingerprint density at radius 3 is 2.94 bits per heavy atom. The Morgan fingerprint density at radius 2 is 2.29 bits per heavy atom. The molecule has 0 aliphatic carbocycles. The Hall–Kier alpha value is -2.62. The minimum absolute atomic E-state index is 0.194. The highest BCUT2D eigenvalue weighted by Crippen LogP contribution is 2.12. The van der Waals surface area contributed by atoms with Gasteiger partial charge in [-0.3, -0.25) is 0 Å². The topological polar surface area (TPSA) is 114 Å². The van der Waals surface area contributed by atoms with Crippen LogP contribution in [0.5, 0.6) is 0 Å². The highest BCUT2D eigenvalue weighted by Gasteiger charge is 2.04. The van der Waals surface area contributed by atoms with Gasteiger partial charge in [-0.25, -0.2) is 4.98 Å². The van der Waals surface area contributed by atoms with Crippen molar-refractivity contribution in [3.63, 3.8) is 0 Å². The number of nitrogens with one attached hydrogen (secondary N) is 1. The predicted octanol–water partition coefficient (Wildman–Crippen LogP) is 0.839. The van der Waals surface area contributed by atoms with Gasteiger partial charge in [0, 0.05) is 6.92 Å². The number of aryl methyl sites for hydroxylation is 1. The van der Waals surface area contributed by atoms with Crippen molar-refractivity contribution < 1.29 is 4.52 Å². The SMILES string of the molecule is Cc1nc(CNc2ccc(N)c(C#N)n2)no1. The van der Waals surface area contributed by atoms with Gasteiger partial charge in [0.15, 0.2) is 11.5 Å². The Bertz CT molecular complexity index is 570. The maximum Gasteiger partial charge on any atom is 0.223 e. The second kappa shape index (κ2) is 4.49. The van der Waals surface area contributed by atoms with Crippen molar-refractivity contribution in [2.75, 3.05) is 11.1 Å². The van der Waals surface area contributed by atoms with Crippen molar-refractivity contribution in [1.29, 1.82) is 5.26 Å². The zero-order valence-corrected chi connectivity index (χ0v) is 9.14. The normalized spacial score (nSPS) is 9.88. The van der Waals surface area contributed by atoms with Crippen LogP contribution in [0.2, 0.25) is 0 Å². The first-order chi connectivity index (χ1) is 8.19. The fraction of sp³-hybridized carbons (Fsp3) is 0.200. The summed E-state index contributed by atoms with van der Waals surface area (Å²) in [5.74, 6) is 1.57. The van der Waals surface area contributed by atoms with Crippen LogP contribution in [-0.4, -0.2) is 15.1 Å². The number of pyridine rings is 1. The lowest BCUT2D eigenvalue weighted by Crippen LogP contribution is -2.04. The van der Waals surface area contributed by atoms with E-state index in [0.29, 0.717) is 29.8 Å². The first-order valence-electron chi connectivity index (χ1n) is 4.88. The average Bonchev–Trinajstić information content (AvgIpc) is 2.74. The third-order valence-corrected chi connectivity index (χ3v) is 2.03. The van der Waals surface area contributed by atoms with E-state index in [-0.39, 0.29) is 5.69 Å². The van der Waals surface area contributed by atoms with Crippen molar-refractivity contribution in [2.24, 2.45) is 0 Å². The maximum atomic E-state index is 8.77. The number of nitrogens with two attached hydrogens (primary N) is 1. The largest absolute Gasteiger partial charge is 0.396 e. The lowest BCUT2D eigenvalue weighted by atomic mass is 10.3. The molecule has 0 saturated heterocycles. The molecule has 2 heterocycles. The van der Waals surface area contributed by atoms with E-state index in [4.69, 9.17) is 15.5 Å². The standard InChI is InChI=1S/C10H10N6O/c1-6-14-10(16-17-6)5-13-9-3-2-7(12)8(4-11)15-9/h2-3H,5,12H2,1H3,(H,13,15). The molecular weight excluding hydrogens is 220 g/mol. The molecule has 0 saturated carbocycles. The van der Waals surface area contributed by atoms with Gasteiger partial charge in [-0.15, -0.1) is 0 Å². The van der Waals surface area contributed by atoms with Gasteiger partial charge >= 0.3 is 0 Å². The first kappa shape index (κ1) is 10.9. The minimum atomic E-state index is 0.194. The highest BCUT2D eigenvalue weighted by molar-refractivity contribution is 5.54. The number of nitrogens with zero attached hydrogens (tertiary/aromatic N) is 4. The summed E-state index contributed by atoms with van der Waals surface area (Å²) < 4.78 is 4.82. The van der Waals surface area contributed by atoms with Crippen molar-refractivity contribution >= 4 is 11.5 Å². The number of anilines is 2. The average molecular weight is 230 g/mol. The number of nitrogen functional groups attached to an aromatic ring is 1. The first-order valence-corrected chi connectivity index (χ1v) is 4.88. The van der Waals surface area contributed by atoms with Gasteiger partial charge < -0.3 is 15.6 Å². The fourth-order valence-electron chi connectivity index (χ4n) is 1.24. The van der Waals surface area contributed by atoms with E-state index in [1.807, 2.05) is 6.07 Å². The molecule has 0 amide bonds. The van der Waals surface area contributed by atoms with Crippen molar-refractivity contribution in [3.05, 3.63) is 29.5 Å². The molecule has 2 aromatic rings. The molecule has 3 N–H and O–H groups in total. The molecular formula is C10H10N6O. The summed E-state index contributed by atoms with van der Waals surface area (Å²) in [7, 11) is 0. The second-order valence-corrected chi connectivity index (χ2v) is 3.33. The molecule has 0 spiro atoms. The van der Waals surface area contributed by atoms with Crippen LogP contribution in [-0.2, 0) is 6.54 Å². The molecule has 2 rings (SSSR count). The summed E-state index contributed by atoms with van der Waals surface area (Å²) in [5.41, 5.74) is 6.11. The molecule has 0 atom stereocenters. The summed E-state index contributed by atoms with van der Waals surface area (Å²) in [6.07, 6.45) is 0. The number of hydrogen-bond donors (Lipinski definition) is 2. The highest BCUT2D eigenvalue weighted by atomic mass is 16.5. The zero-order chi connectivity index (χ0) is 12.3. The molecule has 0 fully saturated rings. The number of hydrogen-bond acceptors (Lipinski definition) is 7. The van der Waals surface area contributed by atoms with Gasteiger partial charge in [0.2, 0.25) is 5.89 Å². The molecule has 0 unspecified atom stereocenters. The number of nitriles is 1. The van der Waals surface area contributed by atoms with Crippen molar-refractivity contribution in [1.82, 2.24) is 15.1 Å². The third-order valence-electron chi connectivity index (χ3n) is 2.03. The van der Waals surface area contributed by atoms with E-state index in [0.717, 1.165) is 0 Å². The van der Waals surface area contributed by atoms with E-state index in [1.165, 1.54) is 0 Å². The summed E-state index contributed by atoms with van der Waals surface area (Å²) in [4.78, 5) is 8.06. The minimum Gasteiger partial charge on any atom is -0.396 e. The summed E-state index contributed by atoms with van der Waals surface area (Å²) in [5, 5.41) is 15.5. The van der Waals surface area contributed by atoms with E-state index in [1.54, 1.807) is 19.1 Å². The fourth-order valence-corrected chi connectivity index (χ4v) is 1.24. The van der Waals surface area contributed by atoms with Crippen LogP contribution in [0.3, 0.4) is 0 Å². The lowest BCUT2D eigenvalue weighted by Gasteiger charge is -2.03. The Morgan fingerprint density at radius 1 is 1.47 bits per heavy atom. The summed E-state index contributed by atoms with van der Waals surface area (Å²) in [6.45, 7) is 2.09. The molecule has 17 heavy (non-hydrogen) atoms. The van der Waals surface area contributed by atoms with E-state index in [2.05, 4.69) is 20.4 Å². The Labute approximate surface area is 97.3 Å². The predicted molar refractivity (Wildman–Crippen MR) is 59.7 cm³/mol. The number of rotatable bonds is 3. The summed E-state index contributed by atoms with van der Waals surface area (Å²) >= 11 is 0. The van der Waals surface area contributed by atoms with Gasteiger partial charge in [-0.2, -0.15) is 10.2 Å². The molecule has 0 radical (unpaired) electrons. The molecule has 0 bridgehead atoms. The molecule has 7 heteroatoms. The van der Waals surface area contributed by atoms with E-state index < -0.39 is 0 Å². The third kappa shape index (κ3) is 2.49. The zero-order valence-electron chi connectivity index (χ0n) is 9.14. The van der Waals surface area contributed by atoms with Gasteiger partial charge in [-0.05, 0) is 12.1 Å². The van der Waals surface area contributed by atoms with E-state index >= 15 is 0 Å². The van der Waals surface area contributed by atoms with Gasteiger partial charge in [0.1, 0.15) is 11.9 Å². The van der Waals surface area contributed by atoms with Crippen molar-refractivity contribution in [2.45, 2.75) is 13.5 Å². The van der Waals surface area contributed by atoms with Gasteiger partial charge in [-0.1, -0.05) is 5.16 Å². The molecule has 2 aromatic heterocycles. The quantitative estimate of drug-likeness (QED) is 0.802. The smallest absolute Gasteiger partial charge is 0.223 e. The molecule has 0 aliphatic rings. The van der Waals surface area contributed by atoms with Gasteiger partial charge in [0.05, 0.1) is 12.2 Å². The van der Waals surface area contributed by atoms with Crippen LogP contribution in [0.4, 0.5) is 11.5 Å². The van der Waals surface area contributed by atoms with Crippen LogP contribution in [0.1, 0.15) is 17.4 Å². The Balaban J connectivity index is 2.07. The van der Waals surface area contributed by atoms with Crippen molar-refractivity contribution in [3.8, 4) is 6.07 Å². The molecule has 7 nitrogen and oxygen atoms in total. The second-order valence-electron chi connectivity index (χ2n) is 3.33. The van der Waals surface area contributed by atoms with Crippen LogP contribution in [0.15, 0.2) is 16.7 Å².